The molecule has 0 aliphatic heterocycles. The predicted octanol–water partition coefficient (Wildman–Crippen LogP) is 3.33. The topological polar surface area (TPSA) is 230 Å². The molecule has 0 aliphatic carbocycles. The summed E-state index contributed by atoms with van der Waals surface area (Å²) in [5.41, 5.74) is 16.2. The molecule has 0 heterocycles. The number of carbonyl (C=O) groups is 2. The lowest BCUT2D eigenvalue weighted by molar-refractivity contribution is -0.777. The Bertz CT molecular complexity index is 1300. The van der Waals surface area contributed by atoms with Gasteiger partial charge in [0, 0.05) is 32.3 Å². The number of rotatable bonds is 10. The van der Waals surface area contributed by atoms with E-state index >= 15 is 0 Å². The van der Waals surface area contributed by atoms with Crippen molar-refractivity contribution in [3.8, 4) is 0 Å². The summed E-state index contributed by atoms with van der Waals surface area (Å²) in [6.45, 7) is 0. The fourth-order valence-corrected chi connectivity index (χ4v) is 3.55. The molecule has 0 aromatic heterocycles. The fraction of sp³-hybridized carbons (Fsp3) is 0. The van der Waals surface area contributed by atoms with Crippen molar-refractivity contribution in [3.63, 3.8) is 0 Å². The summed E-state index contributed by atoms with van der Waals surface area (Å²) in [7, 11) is -5.11. The van der Waals surface area contributed by atoms with Gasteiger partial charge in [-0.25, -0.2) is 8.42 Å². The van der Waals surface area contributed by atoms with Crippen LogP contribution in [-0.4, -0.2) is 24.5 Å². The number of allylic oxidation sites excluding steroid dienone is 2. The summed E-state index contributed by atoms with van der Waals surface area (Å²) in [4.78, 5) is 29.0. The number of hydrogen-bond donors (Lipinski definition) is 0. The summed E-state index contributed by atoms with van der Waals surface area (Å²) in [5.74, 6) is -1.78. The average Bonchev–Trinajstić information content (AvgIpc) is 2.75. The van der Waals surface area contributed by atoms with Crippen LogP contribution in [0.5, 0.6) is 0 Å². The first-order valence-electron chi connectivity index (χ1n) is 7.95. The molecule has 0 atom stereocenters. The second-order valence-corrected chi connectivity index (χ2v) is 7.57. The number of ketones is 2. The molecule has 32 heavy (non-hydrogen) atoms. The van der Waals surface area contributed by atoms with Gasteiger partial charge in [-0.1, -0.05) is 22.4 Å². The smallest absolute Gasteiger partial charge is 0.187 e. The first kappa shape index (κ1) is 24.5. The third-order valence-electron chi connectivity index (χ3n) is 3.59. The quantitative estimate of drug-likeness (QED) is 0.0562. The summed E-state index contributed by atoms with van der Waals surface area (Å²) >= 11 is 0.340. The highest BCUT2D eigenvalue weighted by molar-refractivity contribution is 7.94. The van der Waals surface area contributed by atoms with E-state index in [4.69, 9.17) is 11.1 Å². The molecule has 0 saturated heterocycles. The van der Waals surface area contributed by atoms with Gasteiger partial charge in [0.15, 0.2) is 11.6 Å². The zero-order chi connectivity index (χ0) is 23.7. The maximum Gasteiger partial charge on any atom is 0.187 e. The Morgan fingerprint density at radius 1 is 0.969 bits per heavy atom. The van der Waals surface area contributed by atoms with Crippen molar-refractivity contribution in [2.24, 2.45) is 10.2 Å². The van der Waals surface area contributed by atoms with Crippen molar-refractivity contribution in [1.82, 2.24) is 0 Å². The number of hydrogen-bond acceptors (Lipinski definition) is 11. The second-order valence-electron chi connectivity index (χ2n) is 5.48. The molecule has 16 heteroatoms. The highest BCUT2D eigenvalue weighted by Gasteiger charge is 2.16. The molecular formula is C16H8N6O8S2-2. The molecule has 2 rings (SSSR count). The molecule has 0 aliphatic rings. The summed E-state index contributed by atoms with van der Waals surface area (Å²) in [5, 5.41) is 19.8. The van der Waals surface area contributed by atoms with Crippen molar-refractivity contribution >= 4 is 45.1 Å². The highest BCUT2D eigenvalue weighted by atomic mass is 32.2. The Labute approximate surface area is 183 Å². The molecular weight excluding hydrogens is 468 g/mol. The standard InChI is InChI=1S/C16H10N6O8S2/c17-21-19-9-1-3-11(15(7-9)31-30-29-25)13(23)5-6-14(24)12-4-2-10(20-22-18)8-16(12)32(26,27)28/h1-8,25H,(H,26,27,28)/p-2/b6-5+. The van der Waals surface area contributed by atoms with Gasteiger partial charge < -0.3 is 9.81 Å². The van der Waals surface area contributed by atoms with Gasteiger partial charge >= 0.3 is 0 Å². The lowest BCUT2D eigenvalue weighted by atomic mass is 10.1. The number of carbonyl (C=O) groups excluding carboxylic acids is 2. The Morgan fingerprint density at radius 3 is 2.03 bits per heavy atom. The minimum atomic E-state index is -5.11. The summed E-state index contributed by atoms with van der Waals surface area (Å²) in [6, 6.07) is 6.51. The van der Waals surface area contributed by atoms with Gasteiger partial charge in [-0.05, 0) is 47.5 Å². The molecule has 0 amide bonds. The van der Waals surface area contributed by atoms with Gasteiger partial charge in [-0.2, -0.15) is 4.33 Å². The highest BCUT2D eigenvalue weighted by Crippen LogP contribution is 2.29. The zero-order valence-corrected chi connectivity index (χ0v) is 17.0. The second kappa shape index (κ2) is 11.1. The normalized spacial score (nSPS) is 10.9. The maximum absolute atomic E-state index is 12.5. The van der Waals surface area contributed by atoms with Crippen LogP contribution in [0.25, 0.3) is 20.9 Å². The van der Waals surface area contributed by atoms with Crippen LogP contribution in [0.2, 0.25) is 0 Å². The van der Waals surface area contributed by atoms with Crippen molar-refractivity contribution in [1.29, 1.82) is 0 Å². The van der Waals surface area contributed by atoms with Gasteiger partial charge in [0.25, 0.3) is 0 Å². The molecule has 0 radical (unpaired) electrons. The van der Waals surface area contributed by atoms with Crippen LogP contribution in [0.15, 0.2) is 68.6 Å². The molecule has 2 aromatic carbocycles. The van der Waals surface area contributed by atoms with Crippen LogP contribution >= 0.6 is 12.0 Å². The van der Waals surface area contributed by atoms with Crippen molar-refractivity contribution in [2.75, 3.05) is 0 Å². The largest absolute Gasteiger partial charge is 0.744 e. The van der Waals surface area contributed by atoms with Gasteiger partial charge in [0.05, 0.1) is 21.8 Å². The first-order chi connectivity index (χ1) is 15.2. The molecule has 0 unspecified atom stereocenters. The average molecular weight is 476 g/mol. The minimum Gasteiger partial charge on any atom is -0.744 e. The van der Waals surface area contributed by atoms with Crippen LogP contribution in [0.4, 0.5) is 11.4 Å². The van der Waals surface area contributed by atoms with Crippen molar-refractivity contribution in [3.05, 3.63) is 80.6 Å². The Kier molecular flexibility index (Phi) is 8.48. The molecule has 14 nitrogen and oxygen atoms in total. The Morgan fingerprint density at radius 2 is 1.50 bits per heavy atom. The van der Waals surface area contributed by atoms with Crippen molar-refractivity contribution in [2.45, 2.75) is 9.79 Å². The van der Waals surface area contributed by atoms with Crippen LogP contribution in [0.1, 0.15) is 20.7 Å². The van der Waals surface area contributed by atoms with Crippen LogP contribution < -0.4 is 5.26 Å². The van der Waals surface area contributed by atoms with E-state index in [0.29, 0.717) is 12.0 Å². The molecule has 2 aromatic rings. The van der Waals surface area contributed by atoms with Gasteiger partial charge in [-0.15, -0.1) is 0 Å². The van der Waals surface area contributed by atoms with Crippen LogP contribution in [-0.2, 0) is 19.5 Å². The number of nitrogens with zero attached hydrogens (tertiary/aromatic N) is 6. The first-order valence-corrected chi connectivity index (χ1v) is 10.1. The number of benzene rings is 2. The fourth-order valence-electron chi connectivity index (χ4n) is 2.31. The Balaban J connectivity index is 2.40. The van der Waals surface area contributed by atoms with E-state index in [1.54, 1.807) is 0 Å². The zero-order valence-electron chi connectivity index (χ0n) is 15.4. The van der Waals surface area contributed by atoms with E-state index < -0.39 is 32.1 Å². The Hall–Kier alpha value is -3.72. The maximum atomic E-state index is 12.5. The summed E-state index contributed by atoms with van der Waals surface area (Å²) in [6.07, 6.45) is 1.51. The monoisotopic (exact) mass is 476 g/mol. The van der Waals surface area contributed by atoms with E-state index in [9.17, 15) is 27.8 Å². The van der Waals surface area contributed by atoms with Crippen LogP contribution in [0.3, 0.4) is 0 Å². The van der Waals surface area contributed by atoms with Crippen molar-refractivity contribution < 1.29 is 37.2 Å². The minimum absolute atomic E-state index is 0.00870. The third-order valence-corrected chi connectivity index (χ3v) is 5.11. The van der Waals surface area contributed by atoms with Gasteiger partial charge in [0.1, 0.15) is 10.1 Å². The van der Waals surface area contributed by atoms with E-state index in [2.05, 4.69) is 29.4 Å². The molecule has 0 spiro atoms. The molecule has 0 fully saturated rings. The number of azide groups is 2. The van der Waals surface area contributed by atoms with Gasteiger partial charge in [-0.3, -0.25) is 14.6 Å². The third kappa shape index (κ3) is 6.39. The van der Waals surface area contributed by atoms with E-state index in [1.165, 1.54) is 18.2 Å². The SMILES string of the molecule is [N-]=[N+]=Nc1ccc(C(=O)/C=C/C(=O)c2ccc(N=[N+]=[N-])cc2S(=O)(=O)[O-])c(SOO[O-])c1. The molecule has 0 saturated carbocycles. The predicted molar refractivity (Wildman–Crippen MR) is 104 cm³/mol. The van der Waals surface area contributed by atoms with Crippen LogP contribution in [0, 0.1) is 0 Å². The molecule has 0 N–H and O–H groups in total. The van der Waals surface area contributed by atoms with Gasteiger partial charge in [0.2, 0.25) is 0 Å². The summed E-state index contributed by atoms with van der Waals surface area (Å²) < 4.78 is 38.6. The molecule has 0 bridgehead atoms. The molecule has 164 valence electrons. The van der Waals surface area contributed by atoms with E-state index in [0.717, 1.165) is 30.4 Å². The van der Waals surface area contributed by atoms with E-state index in [1.807, 2.05) is 0 Å². The van der Waals surface area contributed by atoms with E-state index in [-0.39, 0.29) is 21.8 Å². The lowest BCUT2D eigenvalue weighted by Gasteiger charge is -2.11. The lowest BCUT2D eigenvalue weighted by Crippen LogP contribution is -2.08.